The Balaban J connectivity index is 2.21. The van der Waals surface area contributed by atoms with Crippen molar-refractivity contribution in [2.75, 3.05) is 0 Å². The number of hydrogen-bond acceptors (Lipinski definition) is 2. The lowest BCUT2D eigenvalue weighted by atomic mass is 10.1. The predicted molar refractivity (Wildman–Crippen MR) is 110 cm³/mol. The molecule has 0 heterocycles. The van der Waals surface area contributed by atoms with E-state index in [1.807, 2.05) is 62.4 Å². The smallest absolute Gasteiger partial charge is 0.242 e. The Bertz CT molecular complexity index is 764. The third-order valence-electron chi connectivity index (χ3n) is 4.66. The second-order valence-corrected chi connectivity index (χ2v) is 7.18. The summed E-state index contributed by atoms with van der Waals surface area (Å²) in [6, 6.07) is 16.5. The van der Waals surface area contributed by atoms with E-state index in [0.29, 0.717) is 11.6 Å². The lowest BCUT2D eigenvalue weighted by Crippen LogP contribution is -2.49. The second-order valence-electron chi connectivity index (χ2n) is 6.77. The fourth-order valence-electron chi connectivity index (χ4n) is 2.73. The summed E-state index contributed by atoms with van der Waals surface area (Å²) in [6.07, 6.45) is 0.998. The molecule has 144 valence electrons. The molecular weight excluding hydrogens is 360 g/mol. The Labute approximate surface area is 166 Å². The zero-order valence-electron chi connectivity index (χ0n) is 16.1. The van der Waals surface area contributed by atoms with Gasteiger partial charge in [0.1, 0.15) is 6.04 Å². The van der Waals surface area contributed by atoms with E-state index in [-0.39, 0.29) is 24.3 Å². The highest BCUT2D eigenvalue weighted by Gasteiger charge is 2.27. The molecule has 2 atom stereocenters. The van der Waals surface area contributed by atoms with E-state index in [1.165, 1.54) is 0 Å². The first-order chi connectivity index (χ1) is 12.9. The van der Waals surface area contributed by atoms with Crippen molar-refractivity contribution in [1.29, 1.82) is 0 Å². The lowest BCUT2D eigenvalue weighted by Gasteiger charge is -2.30. The molecule has 0 radical (unpaired) electrons. The van der Waals surface area contributed by atoms with Gasteiger partial charge < -0.3 is 10.2 Å². The van der Waals surface area contributed by atoms with E-state index in [2.05, 4.69) is 5.32 Å². The number of benzene rings is 2. The lowest BCUT2D eigenvalue weighted by molar-refractivity contribution is -0.140. The number of halogens is 1. The molecule has 0 fully saturated rings. The normalized spacial score (nSPS) is 12.9. The van der Waals surface area contributed by atoms with Gasteiger partial charge in [-0.1, -0.05) is 67.1 Å². The summed E-state index contributed by atoms with van der Waals surface area (Å²) in [5, 5.41) is 3.52. The fraction of sp³-hybridized carbons (Fsp3) is 0.364. The molecule has 0 saturated heterocycles. The Morgan fingerprint density at radius 3 is 2.30 bits per heavy atom. The van der Waals surface area contributed by atoms with Crippen LogP contribution in [-0.2, 0) is 22.6 Å². The van der Waals surface area contributed by atoms with Crippen LogP contribution in [0.2, 0.25) is 5.02 Å². The van der Waals surface area contributed by atoms with Crippen molar-refractivity contribution < 1.29 is 9.59 Å². The van der Waals surface area contributed by atoms with Crippen molar-refractivity contribution in [3.05, 3.63) is 70.7 Å². The van der Waals surface area contributed by atoms with Crippen molar-refractivity contribution in [2.24, 2.45) is 0 Å². The van der Waals surface area contributed by atoms with Gasteiger partial charge in [-0.2, -0.15) is 0 Å². The Hall–Kier alpha value is -2.33. The van der Waals surface area contributed by atoms with Gasteiger partial charge in [-0.15, -0.1) is 0 Å². The van der Waals surface area contributed by atoms with Crippen LogP contribution in [0.5, 0.6) is 0 Å². The zero-order chi connectivity index (χ0) is 19.8. The summed E-state index contributed by atoms with van der Waals surface area (Å²) in [4.78, 5) is 27.3. The minimum atomic E-state index is -0.575. The van der Waals surface area contributed by atoms with Crippen LogP contribution in [0.4, 0.5) is 0 Å². The minimum Gasteiger partial charge on any atom is -0.352 e. The molecule has 2 aromatic rings. The molecule has 1 N–H and O–H groups in total. The average molecular weight is 387 g/mol. The van der Waals surface area contributed by atoms with Crippen molar-refractivity contribution in [2.45, 2.75) is 52.2 Å². The van der Waals surface area contributed by atoms with Gasteiger partial charge in [-0.05, 0) is 37.5 Å². The Morgan fingerprint density at radius 1 is 1.04 bits per heavy atom. The number of carbonyl (C=O) groups excluding carboxylic acids is 2. The van der Waals surface area contributed by atoms with Crippen LogP contribution < -0.4 is 5.32 Å². The minimum absolute atomic E-state index is 0.0668. The topological polar surface area (TPSA) is 49.4 Å². The van der Waals surface area contributed by atoms with Crippen LogP contribution in [-0.4, -0.2) is 28.8 Å². The van der Waals surface area contributed by atoms with E-state index >= 15 is 0 Å². The maximum absolute atomic E-state index is 13.1. The highest BCUT2D eigenvalue weighted by molar-refractivity contribution is 6.31. The summed E-state index contributed by atoms with van der Waals surface area (Å²) in [5.74, 6) is -0.272. The molecule has 0 saturated carbocycles. The molecule has 2 amide bonds. The number of rotatable bonds is 8. The number of hydrogen-bond donors (Lipinski definition) is 1. The molecule has 2 aromatic carbocycles. The number of nitrogens with one attached hydrogen (secondary N) is 1. The van der Waals surface area contributed by atoms with Crippen molar-refractivity contribution in [3.8, 4) is 0 Å². The summed E-state index contributed by atoms with van der Waals surface area (Å²) in [5.41, 5.74) is 1.74. The quantitative estimate of drug-likeness (QED) is 0.738. The zero-order valence-corrected chi connectivity index (χ0v) is 16.9. The third-order valence-corrected chi connectivity index (χ3v) is 5.03. The summed E-state index contributed by atoms with van der Waals surface area (Å²) < 4.78 is 0. The standard InChI is InChI=1S/C22H27ClN2O2/c1-4-16(2)24-22(27)17(3)25(15-18-10-6-5-7-11-18)21(26)14-19-12-8-9-13-20(19)23/h5-13,16-17H,4,14-15H2,1-3H3,(H,24,27)/t16-,17+/m1/s1. The summed E-state index contributed by atoms with van der Waals surface area (Å²) in [7, 11) is 0. The van der Waals surface area contributed by atoms with Gasteiger partial charge in [-0.3, -0.25) is 9.59 Å². The van der Waals surface area contributed by atoms with Crippen molar-refractivity contribution in [1.82, 2.24) is 10.2 Å². The SMILES string of the molecule is CC[C@@H](C)NC(=O)[C@H](C)N(Cc1ccccc1)C(=O)Cc1ccccc1Cl. The van der Waals surface area contributed by atoms with Gasteiger partial charge in [0, 0.05) is 17.6 Å². The fourth-order valence-corrected chi connectivity index (χ4v) is 2.94. The third kappa shape index (κ3) is 6.10. The van der Waals surface area contributed by atoms with Gasteiger partial charge >= 0.3 is 0 Å². The first-order valence-corrected chi connectivity index (χ1v) is 9.67. The number of carbonyl (C=O) groups is 2. The number of nitrogens with zero attached hydrogens (tertiary/aromatic N) is 1. The van der Waals surface area contributed by atoms with Gasteiger partial charge in [0.05, 0.1) is 6.42 Å². The molecule has 0 unspecified atom stereocenters. The number of amides is 2. The summed E-state index contributed by atoms with van der Waals surface area (Å²) in [6.45, 7) is 6.11. The van der Waals surface area contributed by atoms with Gasteiger partial charge in [0.2, 0.25) is 11.8 Å². The van der Waals surface area contributed by atoms with E-state index < -0.39 is 6.04 Å². The summed E-state index contributed by atoms with van der Waals surface area (Å²) >= 11 is 6.21. The van der Waals surface area contributed by atoms with E-state index in [4.69, 9.17) is 11.6 Å². The van der Waals surface area contributed by atoms with Crippen molar-refractivity contribution in [3.63, 3.8) is 0 Å². The highest BCUT2D eigenvalue weighted by atomic mass is 35.5. The van der Waals surface area contributed by atoms with Crippen LogP contribution in [0, 0.1) is 0 Å². The molecule has 0 aliphatic rings. The highest BCUT2D eigenvalue weighted by Crippen LogP contribution is 2.18. The van der Waals surface area contributed by atoms with E-state index in [1.54, 1.807) is 17.9 Å². The van der Waals surface area contributed by atoms with Gasteiger partial charge in [0.15, 0.2) is 0 Å². The van der Waals surface area contributed by atoms with E-state index in [9.17, 15) is 9.59 Å². The average Bonchev–Trinajstić information content (AvgIpc) is 2.67. The molecule has 2 rings (SSSR count). The Kier molecular flexibility index (Phi) is 7.86. The molecule has 5 heteroatoms. The predicted octanol–water partition coefficient (Wildman–Crippen LogP) is 4.21. The molecular formula is C22H27ClN2O2. The molecule has 27 heavy (non-hydrogen) atoms. The molecule has 0 spiro atoms. The first kappa shape index (κ1) is 21.0. The maximum Gasteiger partial charge on any atom is 0.242 e. The van der Waals surface area contributed by atoms with Crippen LogP contribution in [0.15, 0.2) is 54.6 Å². The van der Waals surface area contributed by atoms with Gasteiger partial charge in [-0.25, -0.2) is 0 Å². The van der Waals surface area contributed by atoms with Crippen molar-refractivity contribution >= 4 is 23.4 Å². The van der Waals surface area contributed by atoms with Crippen LogP contribution in [0.25, 0.3) is 0 Å². The van der Waals surface area contributed by atoms with Crippen LogP contribution >= 0.6 is 11.6 Å². The maximum atomic E-state index is 13.1. The molecule has 0 aromatic heterocycles. The van der Waals surface area contributed by atoms with Crippen LogP contribution in [0.1, 0.15) is 38.3 Å². The molecule has 0 aliphatic heterocycles. The first-order valence-electron chi connectivity index (χ1n) is 9.29. The second kappa shape index (κ2) is 10.1. The monoisotopic (exact) mass is 386 g/mol. The Morgan fingerprint density at radius 2 is 1.67 bits per heavy atom. The largest absolute Gasteiger partial charge is 0.352 e. The molecule has 0 bridgehead atoms. The van der Waals surface area contributed by atoms with E-state index in [0.717, 1.165) is 17.5 Å². The van der Waals surface area contributed by atoms with Gasteiger partial charge in [0.25, 0.3) is 0 Å². The molecule has 0 aliphatic carbocycles. The van der Waals surface area contributed by atoms with Crippen LogP contribution in [0.3, 0.4) is 0 Å². The molecule has 4 nitrogen and oxygen atoms in total.